The number of hydrogen-bond acceptors (Lipinski definition) is 5. The molecule has 4 aromatic rings. The van der Waals surface area contributed by atoms with Crippen LogP contribution in [-0.4, -0.2) is 21.1 Å². The fraction of sp³-hybridized carbons (Fsp3) is 0.143. The lowest BCUT2D eigenvalue weighted by Crippen LogP contribution is -2.24. The first kappa shape index (κ1) is 16.9. The molecule has 6 heteroatoms. The van der Waals surface area contributed by atoms with Crippen LogP contribution in [0, 0.1) is 6.92 Å². The second-order valence-corrected chi connectivity index (χ2v) is 6.35. The Labute approximate surface area is 156 Å². The predicted molar refractivity (Wildman–Crippen MR) is 102 cm³/mol. The highest BCUT2D eigenvalue weighted by Crippen LogP contribution is 2.22. The highest BCUT2D eigenvalue weighted by molar-refractivity contribution is 5.82. The zero-order valence-corrected chi connectivity index (χ0v) is 14.8. The molecule has 0 saturated carbocycles. The number of hydrogen-bond donors (Lipinski definition) is 1. The van der Waals surface area contributed by atoms with E-state index in [1.807, 2.05) is 61.5 Å². The summed E-state index contributed by atoms with van der Waals surface area (Å²) >= 11 is 0. The Morgan fingerprint density at radius 2 is 1.93 bits per heavy atom. The van der Waals surface area contributed by atoms with Crippen molar-refractivity contribution in [3.05, 3.63) is 77.8 Å². The number of pyridine rings is 1. The van der Waals surface area contributed by atoms with E-state index in [0.717, 1.165) is 22.0 Å². The number of nitrogens with one attached hydrogen (secondary N) is 1. The molecule has 0 spiro atoms. The predicted octanol–water partition coefficient (Wildman–Crippen LogP) is 3.45. The molecule has 0 aliphatic heterocycles. The lowest BCUT2D eigenvalue weighted by molar-refractivity contribution is -0.120. The van der Waals surface area contributed by atoms with Crippen molar-refractivity contribution in [3.8, 4) is 11.5 Å². The van der Waals surface area contributed by atoms with Crippen molar-refractivity contribution < 1.29 is 9.21 Å². The molecule has 2 heterocycles. The third-order valence-corrected chi connectivity index (χ3v) is 4.24. The zero-order chi connectivity index (χ0) is 18.6. The van der Waals surface area contributed by atoms with Gasteiger partial charge in [-0.3, -0.25) is 9.78 Å². The molecule has 27 heavy (non-hydrogen) atoms. The summed E-state index contributed by atoms with van der Waals surface area (Å²) in [5.74, 6) is 0.522. The van der Waals surface area contributed by atoms with E-state index < -0.39 is 0 Å². The van der Waals surface area contributed by atoms with Crippen molar-refractivity contribution in [2.75, 3.05) is 0 Å². The van der Waals surface area contributed by atoms with Crippen molar-refractivity contribution in [3.63, 3.8) is 0 Å². The van der Waals surface area contributed by atoms with Crippen LogP contribution in [0.25, 0.3) is 22.4 Å². The standard InChI is InChI=1S/C21H18N4O2/c1-14-4-6-15(7-5-14)13-23-19(26)12-20-24-25-21(27-20)17-8-9-18-16(11-17)3-2-10-22-18/h2-11H,12-13H2,1H3,(H,23,26). The van der Waals surface area contributed by atoms with E-state index >= 15 is 0 Å². The number of benzene rings is 2. The zero-order valence-electron chi connectivity index (χ0n) is 14.8. The Morgan fingerprint density at radius 3 is 2.78 bits per heavy atom. The Morgan fingerprint density at radius 1 is 1.07 bits per heavy atom. The van der Waals surface area contributed by atoms with Crippen LogP contribution in [0.5, 0.6) is 0 Å². The molecule has 1 N–H and O–H groups in total. The van der Waals surface area contributed by atoms with Crippen LogP contribution in [0.15, 0.2) is 65.2 Å². The van der Waals surface area contributed by atoms with E-state index in [2.05, 4.69) is 20.5 Å². The second-order valence-electron chi connectivity index (χ2n) is 6.35. The minimum absolute atomic E-state index is 0.0496. The largest absolute Gasteiger partial charge is 0.420 e. The minimum Gasteiger partial charge on any atom is -0.420 e. The average molecular weight is 358 g/mol. The topological polar surface area (TPSA) is 80.9 Å². The summed E-state index contributed by atoms with van der Waals surface area (Å²) in [4.78, 5) is 16.4. The first-order valence-corrected chi connectivity index (χ1v) is 8.67. The first-order chi connectivity index (χ1) is 13.2. The van der Waals surface area contributed by atoms with Crippen molar-refractivity contribution in [1.82, 2.24) is 20.5 Å². The maximum absolute atomic E-state index is 12.1. The normalized spacial score (nSPS) is 10.9. The van der Waals surface area contributed by atoms with E-state index in [4.69, 9.17) is 4.42 Å². The van der Waals surface area contributed by atoms with E-state index in [1.54, 1.807) is 6.20 Å². The van der Waals surface area contributed by atoms with Crippen LogP contribution >= 0.6 is 0 Å². The summed E-state index contributed by atoms with van der Waals surface area (Å²) in [5.41, 5.74) is 3.93. The summed E-state index contributed by atoms with van der Waals surface area (Å²) in [5, 5.41) is 11.9. The average Bonchev–Trinajstić information content (AvgIpc) is 3.15. The third kappa shape index (κ3) is 4.00. The van der Waals surface area contributed by atoms with Crippen molar-refractivity contribution >= 4 is 16.8 Å². The van der Waals surface area contributed by atoms with Gasteiger partial charge in [-0.25, -0.2) is 0 Å². The molecular weight excluding hydrogens is 340 g/mol. The van der Waals surface area contributed by atoms with E-state index in [-0.39, 0.29) is 18.2 Å². The fourth-order valence-electron chi connectivity index (χ4n) is 2.76. The van der Waals surface area contributed by atoms with Crippen molar-refractivity contribution in [1.29, 1.82) is 0 Å². The number of carbonyl (C=O) groups is 1. The minimum atomic E-state index is -0.159. The fourth-order valence-corrected chi connectivity index (χ4v) is 2.76. The number of carbonyl (C=O) groups excluding carboxylic acids is 1. The lowest BCUT2D eigenvalue weighted by Gasteiger charge is -2.04. The molecule has 0 atom stereocenters. The summed E-state index contributed by atoms with van der Waals surface area (Å²) in [6.07, 6.45) is 1.80. The Balaban J connectivity index is 1.41. The van der Waals surface area contributed by atoms with Gasteiger partial charge in [-0.1, -0.05) is 35.9 Å². The molecule has 1 amide bonds. The van der Waals surface area contributed by atoms with Gasteiger partial charge in [0.2, 0.25) is 17.7 Å². The molecule has 2 aromatic heterocycles. The Hall–Kier alpha value is -3.54. The van der Waals surface area contributed by atoms with E-state index in [9.17, 15) is 4.79 Å². The van der Waals surface area contributed by atoms with Gasteiger partial charge in [-0.15, -0.1) is 10.2 Å². The van der Waals surface area contributed by atoms with Crippen LogP contribution in [0.2, 0.25) is 0 Å². The van der Waals surface area contributed by atoms with Gasteiger partial charge in [0, 0.05) is 23.7 Å². The van der Waals surface area contributed by atoms with Gasteiger partial charge in [0.05, 0.1) is 5.52 Å². The molecule has 0 unspecified atom stereocenters. The lowest BCUT2D eigenvalue weighted by atomic mass is 10.1. The molecule has 2 aromatic carbocycles. The number of aromatic nitrogens is 3. The quantitative estimate of drug-likeness (QED) is 0.591. The SMILES string of the molecule is Cc1ccc(CNC(=O)Cc2nnc(-c3ccc4ncccc4c3)o2)cc1. The molecule has 0 saturated heterocycles. The molecular formula is C21H18N4O2. The number of fused-ring (bicyclic) bond motifs is 1. The van der Waals surface area contributed by atoms with E-state index in [1.165, 1.54) is 5.56 Å². The van der Waals surface area contributed by atoms with Gasteiger partial charge >= 0.3 is 0 Å². The number of nitrogens with zero attached hydrogens (tertiary/aromatic N) is 3. The number of rotatable bonds is 5. The van der Waals surface area contributed by atoms with Crippen LogP contribution in [0.1, 0.15) is 17.0 Å². The molecule has 6 nitrogen and oxygen atoms in total. The summed E-state index contributed by atoms with van der Waals surface area (Å²) in [7, 11) is 0. The molecule has 0 aliphatic carbocycles. The van der Waals surface area contributed by atoms with E-state index in [0.29, 0.717) is 12.4 Å². The van der Waals surface area contributed by atoms with Crippen LogP contribution in [0.4, 0.5) is 0 Å². The van der Waals surface area contributed by atoms with Gasteiger partial charge in [-0.05, 0) is 36.8 Å². The highest BCUT2D eigenvalue weighted by Gasteiger charge is 2.13. The summed E-state index contributed by atoms with van der Waals surface area (Å²) in [6, 6.07) is 17.6. The molecule has 0 radical (unpaired) electrons. The first-order valence-electron chi connectivity index (χ1n) is 8.67. The summed E-state index contributed by atoms with van der Waals surface area (Å²) < 4.78 is 5.65. The number of amides is 1. The van der Waals surface area contributed by atoms with Gasteiger partial charge < -0.3 is 9.73 Å². The van der Waals surface area contributed by atoms with Crippen molar-refractivity contribution in [2.24, 2.45) is 0 Å². The molecule has 134 valence electrons. The van der Waals surface area contributed by atoms with Gasteiger partial charge in [0.25, 0.3) is 0 Å². The van der Waals surface area contributed by atoms with Crippen molar-refractivity contribution in [2.45, 2.75) is 19.9 Å². The van der Waals surface area contributed by atoms with Crippen LogP contribution in [-0.2, 0) is 17.8 Å². The van der Waals surface area contributed by atoms with Gasteiger partial charge in [0.15, 0.2) is 0 Å². The molecule has 0 aliphatic rings. The van der Waals surface area contributed by atoms with Gasteiger partial charge in [0.1, 0.15) is 6.42 Å². The maximum Gasteiger partial charge on any atom is 0.247 e. The molecule has 0 fully saturated rings. The second kappa shape index (κ2) is 7.37. The third-order valence-electron chi connectivity index (χ3n) is 4.24. The van der Waals surface area contributed by atoms with Crippen LogP contribution in [0.3, 0.4) is 0 Å². The Kier molecular flexibility index (Phi) is 4.61. The summed E-state index contributed by atoms with van der Waals surface area (Å²) in [6.45, 7) is 2.50. The molecule has 4 rings (SSSR count). The monoisotopic (exact) mass is 358 g/mol. The van der Waals surface area contributed by atoms with Gasteiger partial charge in [-0.2, -0.15) is 0 Å². The Bertz CT molecular complexity index is 1090. The number of aryl methyl sites for hydroxylation is 1. The highest BCUT2D eigenvalue weighted by atomic mass is 16.4. The molecule has 0 bridgehead atoms. The smallest absolute Gasteiger partial charge is 0.247 e. The maximum atomic E-state index is 12.1. The van der Waals surface area contributed by atoms with Crippen LogP contribution < -0.4 is 5.32 Å².